The van der Waals surface area contributed by atoms with E-state index in [1.165, 1.54) is 64.2 Å². The van der Waals surface area contributed by atoms with E-state index in [0.29, 0.717) is 0 Å². The fraction of sp³-hybridized carbons (Fsp3) is 0.958. The molecule has 0 aromatic rings. The summed E-state index contributed by atoms with van der Waals surface area (Å²) < 4.78 is 9.98. The van der Waals surface area contributed by atoms with Crippen molar-refractivity contribution in [1.29, 1.82) is 0 Å². The first-order valence-electron chi connectivity index (χ1n) is 13.2. The zero-order chi connectivity index (χ0) is 27.5. The van der Waals surface area contributed by atoms with Crippen molar-refractivity contribution in [1.82, 2.24) is 5.32 Å². The molecule has 1 aliphatic heterocycles. The highest BCUT2D eigenvalue weighted by Crippen LogP contribution is 2.25. The molecular weight excluding hydrogens is 494 g/mol. The minimum Gasteiger partial charge on any atom is -0.479 e. The maximum Gasteiger partial charge on any atom is 0.335 e. The van der Waals surface area contributed by atoms with E-state index in [2.05, 4.69) is 5.32 Å². The van der Waals surface area contributed by atoms with Gasteiger partial charge in [-0.05, 0) is 25.7 Å². The Kier molecular flexibility index (Phi) is 14.1. The average molecular weight is 540 g/mol. The lowest BCUT2D eigenvalue weighted by Gasteiger charge is -2.42. The molecule has 0 radical (unpaired) electrons. The third kappa shape index (κ3) is 9.62. The van der Waals surface area contributed by atoms with Crippen molar-refractivity contribution in [3.8, 4) is 0 Å². The highest BCUT2D eigenvalue weighted by molar-refractivity contribution is 5.72. The number of hydrogen-bond acceptors (Lipinski definition) is 12. The Bertz CT molecular complexity index is 627. The Balaban J connectivity index is 0.000000308. The van der Waals surface area contributed by atoms with Gasteiger partial charge in [0, 0.05) is 12.1 Å². The number of aliphatic hydroxyl groups excluding tert-OH is 8. The van der Waals surface area contributed by atoms with Crippen LogP contribution in [-0.2, 0) is 14.3 Å². The van der Waals surface area contributed by atoms with Crippen LogP contribution in [0.25, 0.3) is 0 Å². The summed E-state index contributed by atoms with van der Waals surface area (Å²) in [6.45, 7) is -1.76. The van der Waals surface area contributed by atoms with Gasteiger partial charge < -0.3 is 60.7 Å². The van der Waals surface area contributed by atoms with Crippen molar-refractivity contribution in [3.05, 3.63) is 0 Å². The standard InChI is InChI=1S/C12H23N.C12H22O12/c1-3-7-11(8-4-1)13-12-9-5-2-6-10-12;13-1-3(15)10(7(18)8(19)11(21)22)24-12-9(20)6(17)5(16)4(2-14)23-12/h11-13H,1-10H2;3-10,12-20H,1-2H2,(H,21,22). The molecule has 0 spiro atoms. The van der Waals surface area contributed by atoms with Gasteiger partial charge in [0.05, 0.1) is 13.2 Å². The molecule has 3 rings (SSSR count). The second-order valence-electron chi connectivity index (χ2n) is 10.2. The van der Waals surface area contributed by atoms with E-state index in [0.717, 1.165) is 12.1 Å². The molecule has 1 saturated heterocycles. The number of rotatable bonds is 10. The first-order valence-corrected chi connectivity index (χ1v) is 13.2. The molecule has 9 atom stereocenters. The van der Waals surface area contributed by atoms with Gasteiger partial charge in [0.1, 0.15) is 42.7 Å². The number of ether oxygens (including phenoxy) is 2. The van der Waals surface area contributed by atoms with E-state index in [-0.39, 0.29) is 0 Å². The van der Waals surface area contributed by atoms with Gasteiger partial charge in [-0.2, -0.15) is 0 Å². The van der Waals surface area contributed by atoms with Crippen molar-refractivity contribution in [3.63, 3.8) is 0 Å². The van der Waals surface area contributed by atoms with E-state index in [1.54, 1.807) is 0 Å². The fourth-order valence-electron chi connectivity index (χ4n) is 5.03. The molecule has 9 unspecified atom stereocenters. The molecule has 10 N–H and O–H groups in total. The molecule has 0 aromatic carbocycles. The number of hydrogen-bond donors (Lipinski definition) is 10. The van der Waals surface area contributed by atoms with E-state index in [4.69, 9.17) is 24.8 Å². The van der Waals surface area contributed by atoms with Gasteiger partial charge in [-0.3, -0.25) is 0 Å². The number of carbonyl (C=O) groups is 1. The fourth-order valence-corrected chi connectivity index (χ4v) is 5.03. The molecule has 37 heavy (non-hydrogen) atoms. The molecule has 2 aliphatic carbocycles. The van der Waals surface area contributed by atoms with Gasteiger partial charge in [0.15, 0.2) is 12.4 Å². The Morgan fingerprint density at radius 3 is 1.78 bits per heavy atom. The number of nitrogens with one attached hydrogen (secondary N) is 1. The molecule has 13 nitrogen and oxygen atoms in total. The lowest BCUT2D eigenvalue weighted by atomic mass is 9.91. The lowest BCUT2D eigenvalue weighted by molar-refractivity contribution is -0.326. The van der Waals surface area contributed by atoms with Gasteiger partial charge in [0.2, 0.25) is 0 Å². The number of aliphatic hydroxyl groups is 8. The average Bonchev–Trinajstić information content (AvgIpc) is 2.91. The summed E-state index contributed by atoms with van der Waals surface area (Å²) in [5, 5.41) is 88.4. The minimum atomic E-state index is -2.39. The monoisotopic (exact) mass is 539 g/mol. The van der Waals surface area contributed by atoms with Gasteiger partial charge in [0.25, 0.3) is 0 Å². The summed E-state index contributed by atoms with van der Waals surface area (Å²) in [5.41, 5.74) is 0. The second-order valence-corrected chi connectivity index (χ2v) is 10.2. The zero-order valence-electron chi connectivity index (χ0n) is 21.1. The summed E-state index contributed by atoms with van der Waals surface area (Å²) >= 11 is 0. The van der Waals surface area contributed by atoms with E-state index in [9.17, 15) is 35.4 Å². The topological polar surface area (TPSA) is 230 Å². The van der Waals surface area contributed by atoms with Crippen molar-refractivity contribution in [2.75, 3.05) is 13.2 Å². The molecular formula is C24H45NO12. The van der Waals surface area contributed by atoms with Gasteiger partial charge in [-0.25, -0.2) is 4.79 Å². The van der Waals surface area contributed by atoms with E-state index in [1.807, 2.05) is 0 Å². The maximum atomic E-state index is 10.7. The quantitative estimate of drug-likeness (QED) is 0.139. The van der Waals surface area contributed by atoms with Gasteiger partial charge >= 0.3 is 5.97 Å². The van der Waals surface area contributed by atoms with E-state index < -0.39 is 74.3 Å². The maximum absolute atomic E-state index is 10.7. The number of carboxylic acid groups (broad SMARTS) is 1. The largest absolute Gasteiger partial charge is 0.479 e. The van der Waals surface area contributed by atoms with Crippen molar-refractivity contribution >= 4 is 5.97 Å². The first-order chi connectivity index (χ1) is 17.6. The highest BCUT2D eigenvalue weighted by Gasteiger charge is 2.47. The van der Waals surface area contributed by atoms with Crippen LogP contribution in [0.3, 0.4) is 0 Å². The molecule has 3 aliphatic rings. The van der Waals surface area contributed by atoms with Crippen LogP contribution >= 0.6 is 0 Å². The molecule has 0 aromatic heterocycles. The Morgan fingerprint density at radius 2 is 1.35 bits per heavy atom. The SMILES string of the molecule is C1CCC(NC2CCCCC2)CC1.O=C(O)C(O)C(O)C(OC1OC(CO)C(O)C(O)C1O)C(O)CO. The molecule has 218 valence electrons. The summed E-state index contributed by atoms with van der Waals surface area (Å²) in [6.07, 6.45) is -2.37. The minimum absolute atomic E-state index is 0.766. The van der Waals surface area contributed by atoms with Crippen LogP contribution in [-0.4, -0.2) is 132 Å². The summed E-state index contributed by atoms with van der Waals surface area (Å²) in [7, 11) is 0. The summed E-state index contributed by atoms with van der Waals surface area (Å²) in [4.78, 5) is 10.7. The van der Waals surface area contributed by atoms with Crippen molar-refractivity contribution in [2.24, 2.45) is 0 Å². The number of aliphatic carboxylic acids is 1. The van der Waals surface area contributed by atoms with Crippen LogP contribution in [0, 0.1) is 0 Å². The highest BCUT2D eigenvalue weighted by atomic mass is 16.7. The third-order valence-electron chi connectivity index (χ3n) is 7.30. The molecule has 3 fully saturated rings. The zero-order valence-corrected chi connectivity index (χ0v) is 21.1. The lowest BCUT2D eigenvalue weighted by Crippen LogP contribution is -2.61. The number of carboxylic acids is 1. The predicted octanol–water partition coefficient (Wildman–Crippen LogP) is -2.43. The summed E-state index contributed by atoms with van der Waals surface area (Å²) in [6, 6.07) is 1.74. The second kappa shape index (κ2) is 16.2. The molecule has 0 bridgehead atoms. The Hall–Kier alpha value is -0.970. The Morgan fingerprint density at radius 1 is 0.838 bits per heavy atom. The van der Waals surface area contributed by atoms with Crippen molar-refractivity contribution in [2.45, 2.75) is 131 Å². The van der Waals surface area contributed by atoms with Crippen molar-refractivity contribution < 1.29 is 60.2 Å². The molecule has 1 heterocycles. The van der Waals surface area contributed by atoms with Gasteiger partial charge in [-0.15, -0.1) is 0 Å². The predicted molar refractivity (Wildman–Crippen MR) is 128 cm³/mol. The molecule has 13 heteroatoms. The summed E-state index contributed by atoms with van der Waals surface area (Å²) in [5.74, 6) is -1.84. The van der Waals surface area contributed by atoms with Crippen LogP contribution in [0.1, 0.15) is 64.2 Å². The Labute approximate surface area is 216 Å². The van der Waals surface area contributed by atoms with Crippen LogP contribution in [0.4, 0.5) is 0 Å². The molecule has 2 saturated carbocycles. The normalized spacial score (nSPS) is 33.0. The van der Waals surface area contributed by atoms with Gasteiger partial charge in [-0.1, -0.05) is 38.5 Å². The third-order valence-corrected chi connectivity index (χ3v) is 7.30. The van der Waals surface area contributed by atoms with Crippen LogP contribution in [0.2, 0.25) is 0 Å². The first kappa shape index (κ1) is 32.2. The van der Waals surface area contributed by atoms with Crippen LogP contribution < -0.4 is 5.32 Å². The van der Waals surface area contributed by atoms with E-state index >= 15 is 0 Å². The smallest absolute Gasteiger partial charge is 0.335 e. The van der Waals surface area contributed by atoms with Crippen LogP contribution in [0.5, 0.6) is 0 Å². The molecule has 0 amide bonds. The van der Waals surface area contributed by atoms with Crippen LogP contribution in [0.15, 0.2) is 0 Å².